The molecule has 0 bridgehead atoms. The molecule has 8 nitrogen and oxygen atoms in total. The van der Waals surface area contributed by atoms with Crippen LogP contribution in [0.5, 0.6) is 0 Å². The molecule has 0 aliphatic carbocycles. The van der Waals surface area contributed by atoms with Crippen LogP contribution in [0.25, 0.3) is 11.1 Å². The zero-order valence-electron chi connectivity index (χ0n) is 24.8. The van der Waals surface area contributed by atoms with Gasteiger partial charge in [0.1, 0.15) is 5.82 Å². The number of carbonyl (C=O) groups is 2. The molecule has 2 fully saturated rings. The second kappa shape index (κ2) is 12.4. The highest BCUT2D eigenvalue weighted by Gasteiger charge is 2.40. The minimum atomic E-state index is -4.79. The van der Waals surface area contributed by atoms with Gasteiger partial charge in [0.05, 0.1) is 35.7 Å². The normalized spacial score (nSPS) is 21.4. The molecule has 2 aromatic carbocycles. The van der Waals surface area contributed by atoms with Crippen LogP contribution in [0.15, 0.2) is 72.1 Å². The smallest absolute Gasteiger partial charge is 0.378 e. The van der Waals surface area contributed by atoms with E-state index >= 15 is 4.39 Å². The largest absolute Gasteiger partial charge is 0.417 e. The van der Waals surface area contributed by atoms with Crippen molar-refractivity contribution >= 4 is 23.2 Å². The van der Waals surface area contributed by atoms with Gasteiger partial charge >= 0.3 is 6.18 Å². The van der Waals surface area contributed by atoms with Crippen LogP contribution in [0.4, 0.5) is 28.9 Å². The number of halogens is 4. The van der Waals surface area contributed by atoms with E-state index in [9.17, 15) is 22.8 Å². The fourth-order valence-electron chi connectivity index (χ4n) is 5.66. The maximum absolute atomic E-state index is 15.3. The van der Waals surface area contributed by atoms with Gasteiger partial charge in [-0.3, -0.25) is 14.5 Å². The van der Waals surface area contributed by atoms with E-state index in [1.54, 1.807) is 17.0 Å². The Bertz CT molecular complexity index is 1520. The van der Waals surface area contributed by atoms with E-state index in [0.717, 1.165) is 12.3 Å². The molecule has 3 heterocycles. The molecular formula is C32H35F4N5O3. The Morgan fingerprint density at radius 2 is 1.73 bits per heavy atom. The number of morpholine rings is 1. The van der Waals surface area contributed by atoms with Crippen molar-refractivity contribution in [3.8, 4) is 11.1 Å². The molecule has 3 aliphatic rings. The quantitative estimate of drug-likeness (QED) is 0.467. The summed E-state index contributed by atoms with van der Waals surface area (Å²) in [6.45, 7) is 10.5. The van der Waals surface area contributed by atoms with Gasteiger partial charge in [-0.1, -0.05) is 12.6 Å². The van der Waals surface area contributed by atoms with E-state index < -0.39 is 29.0 Å². The number of dihydropyridines is 1. The fourth-order valence-corrected chi connectivity index (χ4v) is 5.66. The first kappa shape index (κ1) is 31.3. The highest BCUT2D eigenvalue weighted by Crippen LogP contribution is 2.38. The Balaban J connectivity index is 1.54. The van der Waals surface area contributed by atoms with Crippen LogP contribution in [-0.4, -0.2) is 86.3 Å². The predicted molar refractivity (Wildman–Crippen MR) is 161 cm³/mol. The fraction of sp³-hybridized carbons (Fsp3) is 0.375. The number of amides is 2. The summed E-state index contributed by atoms with van der Waals surface area (Å²) in [5, 5.41) is 5.25. The molecule has 0 unspecified atom stereocenters. The topological polar surface area (TPSA) is 77.2 Å². The van der Waals surface area contributed by atoms with Gasteiger partial charge in [-0.2, -0.15) is 13.2 Å². The zero-order valence-corrected chi connectivity index (χ0v) is 24.8. The van der Waals surface area contributed by atoms with Crippen molar-refractivity contribution in [3.05, 3.63) is 83.5 Å². The van der Waals surface area contributed by atoms with E-state index in [0.29, 0.717) is 56.2 Å². The maximum Gasteiger partial charge on any atom is 0.417 e. The molecular weight excluding hydrogens is 578 g/mol. The lowest BCUT2D eigenvalue weighted by atomic mass is 9.98. The van der Waals surface area contributed by atoms with Gasteiger partial charge in [-0.15, -0.1) is 0 Å². The van der Waals surface area contributed by atoms with Crippen LogP contribution in [-0.2, 0) is 9.53 Å². The van der Waals surface area contributed by atoms with Crippen LogP contribution in [0.1, 0.15) is 24.2 Å². The Labute approximate surface area is 253 Å². The number of hydrogen-bond acceptors (Lipinski definition) is 6. The van der Waals surface area contributed by atoms with E-state index in [1.807, 2.05) is 7.05 Å². The number of nitrogens with one attached hydrogen (secondary N) is 2. The van der Waals surface area contributed by atoms with Crippen LogP contribution in [0, 0.1) is 5.82 Å². The number of piperazine rings is 1. The number of anilines is 2. The Morgan fingerprint density at radius 1 is 1.05 bits per heavy atom. The molecule has 0 spiro atoms. The summed E-state index contributed by atoms with van der Waals surface area (Å²) >= 11 is 0. The Morgan fingerprint density at radius 3 is 2.39 bits per heavy atom. The molecule has 0 radical (unpaired) electrons. The summed E-state index contributed by atoms with van der Waals surface area (Å²) in [7, 11) is 2.02. The summed E-state index contributed by atoms with van der Waals surface area (Å²) in [5.41, 5.74) is -0.170. The van der Waals surface area contributed by atoms with Crippen molar-refractivity contribution in [2.75, 3.05) is 56.7 Å². The molecule has 3 aliphatic heterocycles. The average molecular weight is 614 g/mol. The molecule has 2 N–H and O–H groups in total. The van der Waals surface area contributed by atoms with Crippen LogP contribution in [0.3, 0.4) is 0 Å². The zero-order chi connectivity index (χ0) is 31.8. The standard InChI is InChI=1S/C32H35F4N5O3/c1-19-13-26(32(34,35)36)25(16-37-19)30(42)38-28-15-22(6-8-29(28)41-17-20(2)39(4)21(3)18-41)24-14-23(5-7-27(24)33)31(43)40-9-11-44-12-10-40/h5-8,13-16,20-21,37H,1,9-12,17-18H2,2-4H3,(H,38,42)/t20-,21+. The predicted octanol–water partition coefficient (Wildman–Crippen LogP) is 4.92. The van der Waals surface area contributed by atoms with Crippen molar-refractivity contribution in [3.63, 3.8) is 0 Å². The van der Waals surface area contributed by atoms with Gasteiger partial charge in [0.2, 0.25) is 0 Å². The summed E-state index contributed by atoms with van der Waals surface area (Å²) in [4.78, 5) is 32.5. The monoisotopic (exact) mass is 613 g/mol. The number of likely N-dealkylation sites (N-methyl/N-ethyl adjacent to an activating group) is 1. The van der Waals surface area contributed by atoms with Gasteiger partial charge < -0.3 is 25.2 Å². The third-order valence-corrected chi connectivity index (χ3v) is 8.33. The molecule has 2 aromatic rings. The number of nitrogens with zero attached hydrogens (tertiary/aromatic N) is 3. The molecule has 44 heavy (non-hydrogen) atoms. The highest BCUT2D eigenvalue weighted by molar-refractivity contribution is 6.09. The van der Waals surface area contributed by atoms with Gasteiger partial charge in [-0.05, 0) is 62.9 Å². The summed E-state index contributed by atoms with van der Waals surface area (Å²) in [6, 6.07) is 9.34. The summed E-state index contributed by atoms with van der Waals surface area (Å²) < 4.78 is 62.2. The van der Waals surface area contributed by atoms with Crippen molar-refractivity contribution in [2.24, 2.45) is 0 Å². The first-order valence-corrected chi connectivity index (χ1v) is 14.4. The maximum atomic E-state index is 15.3. The summed E-state index contributed by atoms with van der Waals surface area (Å²) in [6.07, 6.45) is -3.04. The Kier molecular flexibility index (Phi) is 8.85. The van der Waals surface area contributed by atoms with Crippen LogP contribution < -0.4 is 15.5 Å². The number of rotatable bonds is 5. The van der Waals surface area contributed by atoms with Gasteiger partial charge in [0.15, 0.2) is 0 Å². The number of alkyl halides is 3. The molecule has 0 aromatic heterocycles. The molecule has 2 amide bonds. The van der Waals surface area contributed by atoms with E-state index in [2.05, 4.69) is 40.9 Å². The number of benzene rings is 2. The number of hydrogen-bond donors (Lipinski definition) is 2. The van der Waals surface area contributed by atoms with E-state index in [4.69, 9.17) is 4.74 Å². The van der Waals surface area contributed by atoms with E-state index in [-0.39, 0.29) is 34.9 Å². The molecule has 0 saturated carbocycles. The number of ether oxygens (including phenoxy) is 1. The first-order chi connectivity index (χ1) is 20.8. The van der Waals surface area contributed by atoms with Gasteiger partial charge in [0.25, 0.3) is 11.8 Å². The molecule has 2 saturated heterocycles. The number of carbonyl (C=O) groups excluding carboxylic acids is 2. The van der Waals surface area contributed by atoms with E-state index in [1.165, 1.54) is 24.3 Å². The average Bonchev–Trinajstić information content (AvgIpc) is 2.99. The third-order valence-electron chi connectivity index (χ3n) is 8.33. The van der Waals surface area contributed by atoms with Crippen molar-refractivity contribution in [2.45, 2.75) is 32.1 Å². The second-order valence-electron chi connectivity index (χ2n) is 11.3. The SMILES string of the molecule is C=C1C=C(C(F)(F)F)C(C(=O)Nc2cc(-c3cc(C(=O)N4CCOCC4)ccc3F)ccc2N2C[C@@H](C)N(C)[C@@H](C)C2)=CN1. The van der Waals surface area contributed by atoms with Crippen LogP contribution in [0.2, 0.25) is 0 Å². The van der Waals surface area contributed by atoms with Gasteiger partial charge in [-0.25, -0.2) is 4.39 Å². The van der Waals surface area contributed by atoms with Crippen molar-refractivity contribution < 1.29 is 31.9 Å². The highest BCUT2D eigenvalue weighted by atomic mass is 19.4. The lowest BCUT2D eigenvalue weighted by Gasteiger charge is -2.44. The molecule has 12 heteroatoms. The van der Waals surface area contributed by atoms with Gasteiger partial charge in [0, 0.05) is 61.3 Å². The lowest BCUT2D eigenvalue weighted by molar-refractivity contribution is -0.115. The molecule has 5 rings (SSSR count). The second-order valence-corrected chi connectivity index (χ2v) is 11.3. The summed E-state index contributed by atoms with van der Waals surface area (Å²) in [5.74, 6) is -1.83. The minimum absolute atomic E-state index is 0.000966. The van der Waals surface area contributed by atoms with Crippen molar-refractivity contribution in [1.29, 1.82) is 0 Å². The molecule has 2 atom stereocenters. The first-order valence-electron chi connectivity index (χ1n) is 14.4. The van der Waals surface area contributed by atoms with Crippen molar-refractivity contribution in [1.82, 2.24) is 15.1 Å². The minimum Gasteiger partial charge on any atom is -0.378 e. The number of allylic oxidation sites excluding steroid dienone is 1. The molecule has 234 valence electrons. The Hall–Kier alpha value is -4.16. The third kappa shape index (κ3) is 6.51. The lowest BCUT2D eigenvalue weighted by Crippen LogP contribution is -2.55. The van der Waals surface area contributed by atoms with Crippen LogP contribution >= 0.6 is 0 Å².